The summed E-state index contributed by atoms with van der Waals surface area (Å²) in [6.45, 7) is 5.27. The first-order chi connectivity index (χ1) is 16.5. The molecule has 0 bridgehead atoms. The highest BCUT2D eigenvalue weighted by Gasteiger charge is 2.50. The molecule has 0 amide bonds. The summed E-state index contributed by atoms with van der Waals surface area (Å²) in [5.41, 5.74) is 10.5. The third-order valence-corrected chi connectivity index (χ3v) is 8.34. The van der Waals surface area contributed by atoms with Crippen molar-refractivity contribution in [3.63, 3.8) is 0 Å². The number of benzene rings is 2. The quantitative estimate of drug-likeness (QED) is 0.513. The van der Waals surface area contributed by atoms with E-state index >= 15 is 0 Å². The van der Waals surface area contributed by atoms with Gasteiger partial charge in [-0.05, 0) is 73.6 Å². The SMILES string of the molecule is CCCC1C(=O)[C@H](c2ccc(C3CC3)cc2)[C@@](C)(c2ccc3cn(CC4CC4)nc3c2)NC1N. The van der Waals surface area contributed by atoms with Gasteiger partial charge >= 0.3 is 0 Å². The fourth-order valence-corrected chi connectivity index (χ4v) is 6.01. The van der Waals surface area contributed by atoms with Crippen molar-refractivity contribution in [1.82, 2.24) is 15.1 Å². The van der Waals surface area contributed by atoms with Crippen molar-refractivity contribution in [3.8, 4) is 0 Å². The Bertz CT molecular complexity index is 1210. The van der Waals surface area contributed by atoms with Gasteiger partial charge in [-0.2, -0.15) is 5.10 Å². The van der Waals surface area contributed by atoms with Crippen LogP contribution in [0.2, 0.25) is 0 Å². The van der Waals surface area contributed by atoms with E-state index in [-0.39, 0.29) is 23.8 Å². The van der Waals surface area contributed by atoms with Crippen LogP contribution in [0.1, 0.15) is 80.9 Å². The molecule has 34 heavy (non-hydrogen) atoms. The maximum atomic E-state index is 14.0. The van der Waals surface area contributed by atoms with E-state index in [1.807, 2.05) is 0 Å². The van der Waals surface area contributed by atoms with E-state index < -0.39 is 5.54 Å². The lowest BCUT2D eigenvalue weighted by molar-refractivity contribution is -0.131. The second-order valence-corrected chi connectivity index (χ2v) is 11.1. The van der Waals surface area contributed by atoms with Crippen molar-refractivity contribution in [2.75, 3.05) is 0 Å². The van der Waals surface area contributed by atoms with Gasteiger partial charge in [-0.3, -0.25) is 14.8 Å². The largest absolute Gasteiger partial charge is 0.315 e. The fourth-order valence-electron chi connectivity index (χ4n) is 6.01. The monoisotopic (exact) mass is 456 g/mol. The number of carbonyl (C=O) groups is 1. The molecule has 3 aliphatic rings. The summed E-state index contributed by atoms with van der Waals surface area (Å²) in [4.78, 5) is 14.0. The topological polar surface area (TPSA) is 72.9 Å². The van der Waals surface area contributed by atoms with E-state index in [1.54, 1.807) is 0 Å². The van der Waals surface area contributed by atoms with Crippen LogP contribution in [0.4, 0.5) is 0 Å². The molecule has 5 nitrogen and oxygen atoms in total. The van der Waals surface area contributed by atoms with E-state index in [9.17, 15) is 4.79 Å². The Morgan fingerprint density at radius 1 is 1.09 bits per heavy atom. The smallest absolute Gasteiger partial charge is 0.148 e. The number of Topliss-reactive ketones (excluding diaryl/α,β-unsaturated/α-hetero) is 1. The summed E-state index contributed by atoms with van der Waals surface area (Å²) in [6.07, 6.45) is 8.72. The number of hydrogen-bond donors (Lipinski definition) is 2. The number of piperidine rings is 1. The molecule has 0 spiro atoms. The van der Waals surface area contributed by atoms with Gasteiger partial charge in [-0.25, -0.2) is 0 Å². The van der Waals surface area contributed by atoms with Crippen molar-refractivity contribution in [2.45, 2.75) is 82.5 Å². The van der Waals surface area contributed by atoms with Crippen LogP contribution in [0.15, 0.2) is 48.7 Å². The Labute approximate surface area is 202 Å². The van der Waals surface area contributed by atoms with E-state index in [2.05, 4.69) is 72.5 Å². The lowest BCUT2D eigenvalue weighted by Gasteiger charge is -2.48. The molecule has 1 aliphatic heterocycles. The predicted molar refractivity (Wildman–Crippen MR) is 135 cm³/mol. The molecule has 1 saturated heterocycles. The van der Waals surface area contributed by atoms with Crippen LogP contribution in [0.25, 0.3) is 10.9 Å². The minimum absolute atomic E-state index is 0.173. The fraction of sp³-hybridized carbons (Fsp3) is 0.517. The number of rotatable bonds is 7. The van der Waals surface area contributed by atoms with E-state index in [1.165, 1.54) is 31.2 Å². The molecule has 3 aromatic rings. The third-order valence-electron chi connectivity index (χ3n) is 8.34. The lowest BCUT2D eigenvalue weighted by Crippen LogP contribution is -2.64. The number of ketones is 1. The molecule has 5 heteroatoms. The lowest BCUT2D eigenvalue weighted by atomic mass is 9.66. The number of nitrogens with zero attached hydrogens (tertiary/aromatic N) is 2. The molecule has 4 atom stereocenters. The zero-order valence-corrected chi connectivity index (χ0v) is 20.3. The van der Waals surface area contributed by atoms with Gasteiger partial charge in [-0.1, -0.05) is 49.7 Å². The molecule has 6 rings (SSSR count). The summed E-state index contributed by atoms with van der Waals surface area (Å²) in [5, 5.41) is 9.73. The molecule has 2 aromatic carbocycles. The number of carbonyl (C=O) groups excluding carboxylic acids is 1. The van der Waals surface area contributed by atoms with Crippen molar-refractivity contribution in [3.05, 3.63) is 65.4 Å². The average Bonchev–Trinajstić information content (AvgIpc) is 3.75. The van der Waals surface area contributed by atoms with E-state index in [0.717, 1.165) is 47.3 Å². The van der Waals surface area contributed by atoms with Crippen LogP contribution in [0, 0.1) is 11.8 Å². The molecule has 3 N–H and O–H groups in total. The first-order valence-corrected chi connectivity index (χ1v) is 13.1. The maximum Gasteiger partial charge on any atom is 0.148 e. The summed E-state index contributed by atoms with van der Waals surface area (Å²) >= 11 is 0. The van der Waals surface area contributed by atoms with Gasteiger partial charge in [0.2, 0.25) is 0 Å². The number of nitrogens with one attached hydrogen (secondary N) is 1. The molecular weight excluding hydrogens is 420 g/mol. The molecule has 3 fully saturated rings. The molecule has 2 unspecified atom stereocenters. The number of aromatic nitrogens is 2. The van der Waals surface area contributed by atoms with Crippen LogP contribution in [0.3, 0.4) is 0 Å². The van der Waals surface area contributed by atoms with E-state index in [4.69, 9.17) is 10.8 Å². The van der Waals surface area contributed by atoms with Crippen LogP contribution in [-0.4, -0.2) is 21.7 Å². The summed E-state index contributed by atoms with van der Waals surface area (Å²) in [6, 6.07) is 15.3. The van der Waals surface area contributed by atoms with Crippen LogP contribution in [0.5, 0.6) is 0 Å². The van der Waals surface area contributed by atoms with Crippen LogP contribution < -0.4 is 11.1 Å². The van der Waals surface area contributed by atoms with Crippen LogP contribution in [-0.2, 0) is 16.9 Å². The Balaban J connectivity index is 1.40. The first-order valence-electron chi connectivity index (χ1n) is 13.1. The highest BCUT2D eigenvalue weighted by molar-refractivity contribution is 5.91. The van der Waals surface area contributed by atoms with Crippen molar-refractivity contribution in [1.29, 1.82) is 0 Å². The highest BCUT2D eigenvalue weighted by atomic mass is 16.1. The number of nitrogens with two attached hydrogens (primary N) is 1. The third kappa shape index (κ3) is 3.89. The van der Waals surface area contributed by atoms with Gasteiger partial charge < -0.3 is 5.73 Å². The Kier molecular flexibility index (Phi) is 5.38. The zero-order chi connectivity index (χ0) is 23.4. The molecule has 0 radical (unpaired) electrons. The molecule has 2 heterocycles. The van der Waals surface area contributed by atoms with Crippen molar-refractivity contribution >= 4 is 16.7 Å². The minimum Gasteiger partial charge on any atom is -0.315 e. The van der Waals surface area contributed by atoms with Gasteiger partial charge in [0, 0.05) is 24.0 Å². The van der Waals surface area contributed by atoms with Gasteiger partial charge in [0.1, 0.15) is 5.78 Å². The number of fused-ring (bicyclic) bond motifs is 1. The molecular formula is C29H36N4O. The van der Waals surface area contributed by atoms with Gasteiger partial charge in [0.25, 0.3) is 0 Å². The Hall–Kier alpha value is -2.50. The predicted octanol–water partition coefficient (Wildman–Crippen LogP) is 5.20. The minimum atomic E-state index is -0.601. The standard InChI is InChI=1S/C29H36N4O/c1-3-4-24-27(34)26(21-11-9-20(10-12-21)19-7-8-19)29(2,31-28(24)30)23-14-13-22-17-33(16-18-5-6-18)32-25(22)15-23/h9-15,17-19,24,26,28,31H,3-8,16,30H2,1-2H3/t24?,26-,28?,29+/m0/s1. The second kappa shape index (κ2) is 8.31. The highest BCUT2D eigenvalue weighted by Crippen LogP contribution is 2.46. The second-order valence-electron chi connectivity index (χ2n) is 11.1. The van der Waals surface area contributed by atoms with Gasteiger partial charge in [-0.15, -0.1) is 0 Å². The Morgan fingerprint density at radius 3 is 2.50 bits per heavy atom. The van der Waals surface area contributed by atoms with Crippen molar-refractivity contribution < 1.29 is 4.79 Å². The average molecular weight is 457 g/mol. The molecule has 2 saturated carbocycles. The summed E-state index contributed by atoms with van der Waals surface area (Å²) in [7, 11) is 0. The zero-order valence-electron chi connectivity index (χ0n) is 20.3. The maximum absolute atomic E-state index is 14.0. The van der Waals surface area contributed by atoms with Gasteiger partial charge in [0.15, 0.2) is 0 Å². The number of hydrogen-bond acceptors (Lipinski definition) is 4. The normalized spacial score (nSPS) is 29.6. The summed E-state index contributed by atoms with van der Waals surface area (Å²) < 4.78 is 2.09. The first kappa shape index (κ1) is 22.0. The molecule has 178 valence electrons. The molecule has 2 aliphatic carbocycles. The molecule has 1 aromatic heterocycles. The van der Waals surface area contributed by atoms with Gasteiger partial charge in [0.05, 0.1) is 23.1 Å². The van der Waals surface area contributed by atoms with Crippen molar-refractivity contribution in [2.24, 2.45) is 17.6 Å². The van der Waals surface area contributed by atoms with E-state index in [0.29, 0.717) is 5.92 Å². The summed E-state index contributed by atoms with van der Waals surface area (Å²) in [5.74, 6) is 1.28. The Morgan fingerprint density at radius 2 is 1.82 bits per heavy atom. The van der Waals surface area contributed by atoms with Crippen LogP contribution >= 0.6 is 0 Å².